The van der Waals surface area contributed by atoms with E-state index in [9.17, 15) is 4.79 Å². The van der Waals surface area contributed by atoms with E-state index in [2.05, 4.69) is 46.7 Å². The second-order valence-electron chi connectivity index (χ2n) is 7.06. The Morgan fingerprint density at radius 2 is 2.04 bits per heavy atom. The van der Waals surface area contributed by atoms with E-state index in [0.717, 1.165) is 49.3 Å². The first kappa shape index (κ1) is 17.5. The summed E-state index contributed by atoms with van der Waals surface area (Å²) in [5.41, 5.74) is 4.61. The molecule has 1 aliphatic heterocycles. The van der Waals surface area contributed by atoms with Crippen LogP contribution in [0.3, 0.4) is 0 Å². The van der Waals surface area contributed by atoms with E-state index >= 15 is 0 Å². The standard InChI is InChI=1S/C21H24N4O2/c1-15-4-6-16(7-5-15)20-17(14-23-24-20)13-22-18-8-10-25(11-9-18)21(26)19-3-2-12-27-19/h2-7,12,14,18,22H,8-11,13H2,1H3,(H,23,24). The highest BCUT2D eigenvalue weighted by atomic mass is 16.3. The van der Waals surface area contributed by atoms with E-state index in [1.807, 2.05) is 11.1 Å². The van der Waals surface area contributed by atoms with Crippen molar-refractivity contribution < 1.29 is 9.21 Å². The molecule has 0 spiro atoms. The molecule has 3 aromatic rings. The Kier molecular flexibility index (Phi) is 5.07. The molecular weight excluding hydrogens is 340 g/mol. The lowest BCUT2D eigenvalue weighted by Crippen LogP contribution is -2.44. The van der Waals surface area contributed by atoms with Crippen LogP contribution in [0.1, 0.15) is 34.5 Å². The zero-order chi connectivity index (χ0) is 18.6. The predicted molar refractivity (Wildman–Crippen MR) is 103 cm³/mol. The second-order valence-corrected chi connectivity index (χ2v) is 7.06. The largest absolute Gasteiger partial charge is 0.459 e. The van der Waals surface area contributed by atoms with Crippen LogP contribution in [-0.4, -0.2) is 40.1 Å². The Morgan fingerprint density at radius 3 is 2.74 bits per heavy atom. The first-order valence-electron chi connectivity index (χ1n) is 9.36. The van der Waals surface area contributed by atoms with Gasteiger partial charge >= 0.3 is 0 Å². The van der Waals surface area contributed by atoms with Crippen molar-refractivity contribution in [3.63, 3.8) is 0 Å². The highest BCUT2D eigenvalue weighted by molar-refractivity contribution is 5.91. The smallest absolute Gasteiger partial charge is 0.289 e. The minimum Gasteiger partial charge on any atom is -0.459 e. The van der Waals surface area contributed by atoms with Gasteiger partial charge in [-0.1, -0.05) is 29.8 Å². The van der Waals surface area contributed by atoms with Gasteiger partial charge in [0.05, 0.1) is 18.2 Å². The summed E-state index contributed by atoms with van der Waals surface area (Å²) in [7, 11) is 0. The molecule has 1 aliphatic rings. The summed E-state index contributed by atoms with van der Waals surface area (Å²) in [6, 6.07) is 12.3. The number of aromatic nitrogens is 2. The number of aromatic amines is 1. The Morgan fingerprint density at radius 1 is 1.26 bits per heavy atom. The zero-order valence-corrected chi connectivity index (χ0v) is 15.4. The van der Waals surface area contributed by atoms with Gasteiger partial charge in [-0.3, -0.25) is 9.89 Å². The Bertz CT molecular complexity index is 875. The van der Waals surface area contributed by atoms with Gasteiger partial charge < -0.3 is 14.6 Å². The van der Waals surface area contributed by atoms with Crippen LogP contribution in [0.15, 0.2) is 53.3 Å². The number of furan rings is 1. The summed E-state index contributed by atoms with van der Waals surface area (Å²) >= 11 is 0. The number of nitrogens with zero attached hydrogens (tertiary/aromatic N) is 2. The third-order valence-electron chi connectivity index (χ3n) is 5.15. The third-order valence-corrected chi connectivity index (χ3v) is 5.15. The van der Waals surface area contributed by atoms with Crippen LogP contribution in [0.5, 0.6) is 0 Å². The fourth-order valence-electron chi connectivity index (χ4n) is 3.51. The van der Waals surface area contributed by atoms with Crippen LogP contribution < -0.4 is 5.32 Å². The van der Waals surface area contributed by atoms with Crippen LogP contribution in [0.4, 0.5) is 0 Å². The maximum Gasteiger partial charge on any atom is 0.289 e. The lowest BCUT2D eigenvalue weighted by atomic mass is 10.0. The fraction of sp³-hybridized carbons (Fsp3) is 0.333. The van der Waals surface area contributed by atoms with Crippen molar-refractivity contribution >= 4 is 5.91 Å². The molecule has 6 nitrogen and oxygen atoms in total. The van der Waals surface area contributed by atoms with Gasteiger partial charge in [0.1, 0.15) is 0 Å². The number of piperidine rings is 1. The summed E-state index contributed by atoms with van der Waals surface area (Å²) in [5.74, 6) is 0.400. The van der Waals surface area contributed by atoms with Gasteiger partial charge in [0, 0.05) is 31.2 Å². The molecule has 2 aromatic heterocycles. The summed E-state index contributed by atoms with van der Waals surface area (Å²) < 4.78 is 5.22. The molecule has 2 N–H and O–H groups in total. The van der Waals surface area contributed by atoms with Crippen LogP contribution >= 0.6 is 0 Å². The number of nitrogens with one attached hydrogen (secondary N) is 2. The van der Waals surface area contributed by atoms with Gasteiger partial charge in [-0.05, 0) is 37.5 Å². The van der Waals surface area contributed by atoms with Crippen molar-refractivity contribution in [2.24, 2.45) is 0 Å². The van der Waals surface area contributed by atoms with E-state index in [-0.39, 0.29) is 5.91 Å². The van der Waals surface area contributed by atoms with E-state index in [1.165, 1.54) is 11.8 Å². The molecular formula is C21H24N4O2. The number of carbonyl (C=O) groups excluding carboxylic acids is 1. The monoisotopic (exact) mass is 364 g/mol. The predicted octanol–water partition coefficient (Wildman–Crippen LogP) is 3.37. The Hall–Kier alpha value is -2.86. The van der Waals surface area contributed by atoms with Crippen molar-refractivity contribution in [2.45, 2.75) is 32.4 Å². The molecule has 6 heteroatoms. The molecule has 0 aliphatic carbocycles. The van der Waals surface area contributed by atoms with Gasteiger partial charge in [-0.2, -0.15) is 5.10 Å². The number of hydrogen-bond acceptors (Lipinski definition) is 4. The van der Waals surface area contributed by atoms with Crippen LogP contribution in [-0.2, 0) is 6.54 Å². The lowest BCUT2D eigenvalue weighted by molar-refractivity contribution is 0.0672. The quantitative estimate of drug-likeness (QED) is 0.728. The number of H-pyrrole nitrogens is 1. The fourth-order valence-corrected chi connectivity index (χ4v) is 3.51. The number of hydrogen-bond donors (Lipinski definition) is 2. The molecule has 0 saturated carbocycles. The minimum absolute atomic E-state index is 0.0186. The van der Waals surface area contributed by atoms with Crippen molar-refractivity contribution in [2.75, 3.05) is 13.1 Å². The SMILES string of the molecule is Cc1ccc(-c2[nH]ncc2CNC2CCN(C(=O)c3ccco3)CC2)cc1. The lowest BCUT2D eigenvalue weighted by Gasteiger charge is -2.32. The summed E-state index contributed by atoms with van der Waals surface area (Å²) in [4.78, 5) is 14.2. The average Bonchev–Trinajstić information content (AvgIpc) is 3.39. The number of amides is 1. The molecule has 0 radical (unpaired) electrons. The first-order chi connectivity index (χ1) is 13.2. The highest BCUT2D eigenvalue weighted by Crippen LogP contribution is 2.22. The maximum atomic E-state index is 12.3. The molecule has 0 atom stereocenters. The Labute approximate surface area is 158 Å². The second kappa shape index (κ2) is 7.80. The van der Waals surface area contributed by atoms with Crippen molar-refractivity contribution in [1.82, 2.24) is 20.4 Å². The van der Waals surface area contributed by atoms with Gasteiger partial charge in [0.25, 0.3) is 5.91 Å². The van der Waals surface area contributed by atoms with Crippen molar-refractivity contribution in [3.05, 3.63) is 65.7 Å². The number of carbonyl (C=O) groups is 1. The van der Waals surface area contributed by atoms with E-state index in [4.69, 9.17) is 4.42 Å². The molecule has 140 valence electrons. The number of rotatable bonds is 5. The average molecular weight is 364 g/mol. The van der Waals surface area contributed by atoms with Crippen LogP contribution in [0.25, 0.3) is 11.3 Å². The third kappa shape index (κ3) is 3.95. The summed E-state index contributed by atoms with van der Waals surface area (Å²) in [6.07, 6.45) is 5.30. The maximum absolute atomic E-state index is 12.3. The van der Waals surface area contributed by atoms with E-state index in [1.54, 1.807) is 12.1 Å². The first-order valence-corrected chi connectivity index (χ1v) is 9.36. The summed E-state index contributed by atoms with van der Waals surface area (Å²) in [5, 5.41) is 11.0. The molecule has 4 rings (SSSR count). The molecule has 1 aromatic carbocycles. The molecule has 1 saturated heterocycles. The molecule has 1 amide bonds. The van der Waals surface area contributed by atoms with E-state index < -0.39 is 0 Å². The van der Waals surface area contributed by atoms with Gasteiger partial charge in [0.15, 0.2) is 5.76 Å². The number of benzene rings is 1. The summed E-state index contributed by atoms with van der Waals surface area (Å²) in [6.45, 7) is 4.33. The van der Waals surface area contributed by atoms with Gasteiger partial charge in [-0.15, -0.1) is 0 Å². The van der Waals surface area contributed by atoms with Crippen LogP contribution in [0, 0.1) is 6.92 Å². The highest BCUT2D eigenvalue weighted by Gasteiger charge is 2.25. The minimum atomic E-state index is -0.0186. The number of likely N-dealkylation sites (tertiary alicyclic amines) is 1. The van der Waals surface area contributed by atoms with Gasteiger partial charge in [0.2, 0.25) is 0 Å². The molecule has 3 heterocycles. The number of aryl methyl sites for hydroxylation is 1. The molecule has 0 bridgehead atoms. The molecule has 27 heavy (non-hydrogen) atoms. The molecule has 0 unspecified atom stereocenters. The van der Waals surface area contributed by atoms with Crippen LogP contribution in [0.2, 0.25) is 0 Å². The van der Waals surface area contributed by atoms with Crippen molar-refractivity contribution in [1.29, 1.82) is 0 Å². The van der Waals surface area contributed by atoms with Gasteiger partial charge in [-0.25, -0.2) is 0 Å². The normalized spacial score (nSPS) is 15.2. The Balaban J connectivity index is 1.31. The topological polar surface area (TPSA) is 74.2 Å². The van der Waals surface area contributed by atoms with Crippen molar-refractivity contribution in [3.8, 4) is 11.3 Å². The van der Waals surface area contributed by atoms with E-state index in [0.29, 0.717) is 11.8 Å². The molecule has 1 fully saturated rings. The zero-order valence-electron chi connectivity index (χ0n) is 15.4.